The minimum Gasteiger partial charge on any atom is -0.478 e. The van der Waals surface area contributed by atoms with E-state index in [0.717, 1.165) is 37.5 Å². The maximum absolute atomic E-state index is 11.0. The third kappa shape index (κ3) is 3.00. The summed E-state index contributed by atoms with van der Waals surface area (Å²) in [5.74, 6) is 0.572. The van der Waals surface area contributed by atoms with Crippen LogP contribution in [0.1, 0.15) is 37.0 Å². The molecule has 0 saturated carbocycles. The van der Waals surface area contributed by atoms with Gasteiger partial charge in [-0.05, 0) is 42.9 Å². The number of nitrogens with two attached hydrogens (primary N) is 1. The first-order valence-electron chi connectivity index (χ1n) is 6.87. The van der Waals surface area contributed by atoms with Gasteiger partial charge in [-0.1, -0.05) is 13.8 Å². The van der Waals surface area contributed by atoms with Gasteiger partial charge in [-0.3, -0.25) is 0 Å². The Labute approximate surface area is 114 Å². The minimum atomic E-state index is -0.904. The molecule has 104 valence electrons. The van der Waals surface area contributed by atoms with Crippen LogP contribution >= 0.6 is 0 Å². The maximum Gasteiger partial charge on any atom is 0.335 e. The molecule has 0 spiro atoms. The third-order valence-electron chi connectivity index (χ3n) is 4.10. The van der Waals surface area contributed by atoms with Crippen molar-refractivity contribution in [2.45, 2.75) is 26.7 Å². The number of carbonyl (C=O) groups is 1. The number of carboxylic acids is 1. The summed E-state index contributed by atoms with van der Waals surface area (Å²) in [5, 5.41) is 9.05. The maximum atomic E-state index is 11.0. The monoisotopic (exact) mass is 262 g/mol. The van der Waals surface area contributed by atoms with Crippen molar-refractivity contribution in [3.8, 4) is 0 Å². The average molecular weight is 262 g/mol. The number of aromatic carboxylic acids is 1. The molecular formula is C15H22N2O2. The van der Waals surface area contributed by atoms with Crippen molar-refractivity contribution in [3.63, 3.8) is 0 Å². The summed E-state index contributed by atoms with van der Waals surface area (Å²) in [6.45, 7) is 6.44. The van der Waals surface area contributed by atoms with Gasteiger partial charge in [-0.25, -0.2) is 4.79 Å². The second kappa shape index (κ2) is 5.51. The van der Waals surface area contributed by atoms with Crippen LogP contribution in [-0.2, 0) is 0 Å². The van der Waals surface area contributed by atoms with Crippen LogP contribution in [0, 0.1) is 11.8 Å². The first-order chi connectivity index (χ1) is 8.99. The molecular weight excluding hydrogens is 240 g/mol. The molecule has 1 fully saturated rings. The molecule has 1 aliphatic rings. The van der Waals surface area contributed by atoms with Gasteiger partial charge >= 0.3 is 5.97 Å². The molecule has 1 heterocycles. The van der Waals surface area contributed by atoms with Crippen LogP contribution in [0.4, 0.5) is 11.4 Å². The number of carboxylic acid groups (broad SMARTS) is 1. The zero-order chi connectivity index (χ0) is 14.0. The van der Waals surface area contributed by atoms with Gasteiger partial charge in [0.05, 0.1) is 16.9 Å². The molecule has 0 aromatic heterocycles. The predicted molar refractivity (Wildman–Crippen MR) is 77.6 cm³/mol. The van der Waals surface area contributed by atoms with E-state index in [9.17, 15) is 4.79 Å². The summed E-state index contributed by atoms with van der Waals surface area (Å²) in [6.07, 6.45) is 2.29. The molecule has 0 amide bonds. The third-order valence-corrected chi connectivity index (χ3v) is 4.10. The van der Waals surface area contributed by atoms with Crippen molar-refractivity contribution >= 4 is 17.3 Å². The molecule has 0 bridgehead atoms. The molecule has 1 aliphatic heterocycles. The average Bonchev–Trinajstić information content (AvgIpc) is 2.39. The fourth-order valence-corrected chi connectivity index (χ4v) is 2.76. The Morgan fingerprint density at radius 3 is 2.53 bits per heavy atom. The Balaban J connectivity index is 2.15. The van der Waals surface area contributed by atoms with E-state index in [1.165, 1.54) is 0 Å². The lowest BCUT2D eigenvalue weighted by molar-refractivity contribution is 0.0697. The zero-order valence-corrected chi connectivity index (χ0v) is 11.6. The Morgan fingerprint density at radius 2 is 2.00 bits per heavy atom. The van der Waals surface area contributed by atoms with Gasteiger partial charge in [0.2, 0.25) is 0 Å². The van der Waals surface area contributed by atoms with Gasteiger partial charge in [-0.2, -0.15) is 0 Å². The van der Waals surface area contributed by atoms with Crippen LogP contribution in [0.3, 0.4) is 0 Å². The molecule has 0 aliphatic carbocycles. The van der Waals surface area contributed by atoms with Crippen molar-refractivity contribution < 1.29 is 9.90 Å². The predicted octanol–water partition coefficient (Wildman–Crippen LogP) is 2.84. The highest BCUT2D eigenvalue weighted by atomic mass is 16.4. The topological polar surface area (TPSA) is 66.6 Å². The summed E-state index contributed by atoms with van der Waals surface area (Å²) in [6, 6.07) is 4.93. The number of anilines is 2. The summed E-state index contributed by atoms with van der Waals surface area (Å²) in [7, 11) is 0. The van der Waals surface area contributed by atoms with Crippen LogP contribution in [0.15, 0.2) is 18.2 Å². The van der Waals surface area contributed by atoms with E-state index < -0.39 is 5.97 Å². The lowest BCUT2D eigenvalue weighted by Gasteiger charge is -2.36. The largest absolute Gasteiger partial charge is 0.478 e. The lowest BCUT2D eigenvalue weighted by Crippen LogP contribution is -2.35. The Morgan fingerprint density at radius 1 is 1.37 bits per heavy atom. The Hall–Kier alpha value is -1.71. The highest BCUT2D eigenvalue weighted by molar-refractivity contribution is 5.90. The highest BCUT2D eigenvalue weighted by Crippen LogP contribution is 2.31. The lowest BCUT2D eigenvalue weighted by atomic mass is 9.86. The van der Waals surface area contributed by atoms with Gasteiger partial charge in [0.1, 0.15) is 0 Å². The van der Waals surface area contributed by atoms with E-state index in [1.54, 1.807) is 18.2 Å². The number of rotatable bonds is 3. The molecule has 0 radical (unpaired) electrons. The molecule has 4 heteroatoms. The van der Waals surface area contributed by atoms with E-state index in [-0.39, 0.29) is 0 Å². The van der Waals surface area contributed by atoms with Crippen LogP contribution < -0.4 is 10.6 Å². The molecule has 0 unspecified atom stereocenters. The van der Waals surface area contributed by atoms with E-state index >= 15 is 0 Å². The summed E-state index contributed by atoms with van der Waals surface area (Å²) < 4.78 is 0. The summed E-state index contributed by atoms with van der Waals surface area (Å²) >= 11 is 0. The first kappa shape index (κ1) is 13.7. The molecule has 1 aromatic rings. The van der Waals surface area contributed by atoms with E-state index in [0.29, 0.717) is 17.2 Å². The van der Waals surface area contributed by atoms with Gasteiger partial charge in [0.15, 0.2) is 0 Å². The number of hydrogen-bond acceptors (Lipinski definition) is 3. The first-order valence-corrected chi connectivity index (χ1v) is 6.87. The van der Waals surface area contributed by atoms with Gasteiger partial charge < -0.3 is 15.7 Å². The van der Waals surface area contributed by atoms with Crippen molar-refractivity contribution in [2.75, 3.05) is 23.7 Å². The van der Waals surface area contributed by atoms with Crippen molar-refractivity contribution in [2.24, 2.45) is 11.8 Å². The molecule has 1 saturated heterocycles. The van der Waals surface area contributed by atoms with Gasteiger partial charge in [0, 0.05) is 13.1 Å². The minimum absolute atomic E-state index is 0.301. The smallest absolute Gasteiger partial charge is 0.335 e. The summed E-state index contributed by atoms with van der Waals surface area (Å²) in [5.41, 5.74) is 7.80. The molecule has 0 atom stereocenters. The number of benzene rings is 1. The molecule has 4 nitrogen and oxygen atoms in total. The second-order valence-electron chi connectivity index (χ2n) is 5.65. The summed E-state index contributed by atoms with van der Waals surface area (Å²) in [4.78, 5) is 13.2. The van der Waals surface area contributed by atoms with Crippen molar-refractivity contribution in [3.05, 3.63) is 23.8 Å². The number of hydrogen-bond donors (Lipinski definition) is 2. The highest BCUT2D eigenvalue weighted by Gasteiger charge is 2.23. The van der Waals surface area contributed by atoms with Crippen LogP contribution in [0.5, 0.6) is 0 Å². The molecule has 3 N–H and O–H groups in total. The Kier molecular flexibility index (Phi) is 3.98. The number of nitrogens with zero attached hydrogens (tertiary/aromatic N) is 1. The normalized spacial score (nSPS) is 16.9. The van der Waals surface area contributed by atoms with E-state index in [1.807, 2.05) is 0 Å². The van der Waals surface area contributed by atoms with Gasteiger partial charge in [0.25, 0.3) is 0 Å². The van der Waals surface area contributed by atoms with Gasteiger partial charge in [-0.15, -0.1) is 0 Å². The second-order valence-corrected chi connectivity index (χ2v) is 5.65. The molecule has 2 rings (SSSR count). The standard InChI is InChI=1S/C15H22N2O2/c1-10(2)11-5-7-17(8-6-11)14-9-12(15(18)19)3-4-13(14)16/h3-4,9-11H,5-8,16H2,1-2H3,(H,18,19). The van der Waals surface area contributed by atoms with Crippen LogP contribution in [-0.4, -0.2) is 24.2 Å². The number of piperidine rings is 1. The van der Waals surface area contributed by atoms with Crippen molar-refractivity contribution in [1.82, 2.24) is 0 Å². The Bertz CT molecular complexity index is 463. The van der Waals surface area contributed by atoms with Crippen LogP contribution in [0.2, 0.25) is 0 Å². The molecule has 19 heavy (non-hydrogen) atoms. The number of nitrogen functional groups attached to an aromatic ring is 1. The zero-order valence-electron chi connectivity index (χ0n) is 11.6. The fourth-order valence-electron chi connectivity index (χ4n) is 2.76. The fraction of sp³-hybridized carbons (Fsp3) is 0.533. The van der Waals surface area contributed by atoms with Crippen LogP contribution in [0.25, 0.3) is 0 Å². The van der Waals surface area contributed by atoms with E-state index in [4.69, 9.17) is 10.8 Å². The van der Waals surface area contributed by atoms with E-state index in [2.05, 4.69) is 18.7 Å². The molecule has 1 aromatic carbocycles. The quantitative estimate of drug-likeness (QED) is 0.822. The SMILES string of the molecule is CC(C)C1CCN(c2cc(C(=O)O)ccc2N)CC1. The van der Waals surface area contributed by atoms with Crippen molar-refractivity contribution in [1.29, 1.82) is 0 Å².